The lowest BCUT2D eigenvalue weighted by molar-refractivity contribution is 0.117. The summed E-state index contributed by atoms with van der Waals surface area (Å²) >= 11 is 0. The Kier molecular flexibility index (Phi) is 2.33. The van der Waals surface area contributed by atoms with Gasteiger partial charge in [-0.1, -0.05) is 5.21 Å². The van der Waals surface area contributed by atoms with Gasteiger partial charge in [0.2, 0.25) is 0 Å². The van der Waals surface area contributed by atoms with Crippen molar-refractivity contribution in [2.24, 2.45) is 0 Å². The van der Waals surface area contributed by atoms with Gasteiger partial charge in [-0.05, 0) is 6.92 Å². The quantitative estimate of drug-likeness (QED) is 0.633. The summed E-state index contributed by atoms with van der Waals surface area (Å²) in [4.78, 5) is 0. The molecule has 5 nitrogen and oxygen atoms in total. The van der Waals surface area contributed by atoms with Gasteiger partial charge in [-0.15, -0.1) is 10.2 Å². The van der Waals surface area contributed by atoms with Crippen molar-refractivity contribution in [3.05, 3.63) is 5.82 Å². The first-order valence-corrected chi connectivity index (χ1v) is 3.08. The van der Waals surface area contributed by atoms with Crippen LogP contribution in [-0.2, 0) is 11.2 Å². The normalized spacial score (nSPS) is 13.4. The van der Waals surface area contributed by atoms with Crippen molar-refractivity contribution in [3.8, 4) is 0 Å². The molecular weight excluding hydrogens is 132 g/mol. The number of tetrazole rings is 1. The molecule has 0 amide bonds. The molecule has 1 aromatic heterocycles. The minimum atomic E-state index is 0.151. The molecule has 56 valence electrons. The SMILES string of the molecule is COC(C)Cc1nn[nH]n1. The van der Waals surface area contributed by atoms with Crippen LogP contribution in [0.2, 0.25) is 0 Å². The standard InChI is InChI=1S/C5H10N4O/c1-4(10-2)3-5-6-8-9-7-5/h4H,3H2,1-2H3,(H,6,7,8,9). The fourth-order valence-corrected chi connectivity index (χ4v) is 0.609. The third kappa shape index (κ3) is 1.77. The molecule has 1 atom stereocenters. The Balaban J connectivity index is 2.40. The molecule has 1 N–H and O–H groups in total. The zero-order valence-electron chi connectivity index (χ0n) is 6.03. The Hall–Kier alpha value is -0.970. The highest BCUT2D eigenvalue weighted by Crippen LogP contribution is 1.95. The minimum Gasteiger partial charge on any atom is -0.381 e. The Morgan fingerprint density at radius 1 is 1.70 bits per heavy atom. The van der Waals surface area contributed by atoms with E-state index in [2.05, 4.69) is 20.6 Å². The number of hydrogen-bond acceptors (Lipinski definition) is 4. The van der Waals surface area contributed by atoms with Crippen LogP contribution < -0.4 is 0 Å². The number of rotatable bonds is 3. The first-order chi connectivity index (χ1) is 4.83. The van der Waals surface area contributed by atoms with Crippen LogP contribution in [0.15, 0.2) is 0 Å². The minimum absolute atomic E-state index is 0.151. The van der Waals surface area contributed by atoms with E-state index in [0.717, 1.165) is 0 Å². The predicted molar refractivity (Wildman–Crippen MR) is 34.4 cm³/mol. The average molecular weight is 142 g/mol. The van der Waals surface area contributed by atoms with Gasteiger partial charge in [0.1, 0.15) is 0 Å². The molecule has 0 aliphatic rings. The second kappa shape index (κ2) is 3.26. The molecule has 1 unspecified atom stereocenters. The number of H-pyrrole nitrogens is 1. The van der Waals surface area contributed by atoms with E-state index >= 15 is 0 Å². The van der Waals surface area contributed by atoms with Crippen molar-refractivity contribution in [3.63, 3.8) is 0 Å². The van der Waals surface area contributed by atoms with Crippen LogP contribution in [0, 0.1) is 0 Å². The summed E-state index contributed by atoms with van der Waals surface area (Å²) in [5, 5.41) is 13.3. The van der Waals surface area contributed by atoms with Crippen LogP contribution in [-0.4, -0.2) is 33.8 Å². The van der Waals surface area contributed by atoms with Gasteiger partial charge in [0.05, 0.1) is 6.10 Å². The first kappa shape index (κ1) is 7.14. The summed E-state index contributed by atoms with van der Waals surface area (Å²) in [7, 11) is 1.66. The lowest BCUT2D eigenvalue weighted by Crippen LogP contribution is -2.09. The Bertz CT molecular complexity index is 174. The van der Waals surface area contributed by atoms with Gasteiger partial charge >= 0.3 is 0 Å². The summed E-state index contributed by atoms with van der Waals surface area (Å²) in [6, 6.07) is 0. The Morgan fingerprint density at radius 3 is 3.00 bits per heavy atom. The number of hydrogen-bond donors (Lipinski definition) is 1. The van der Waals surface area contributed by atoms with E-state index in [0.29, 0.717) is 12.2 Å². The van der Waals surface area contributed by atoms with Crippen LogP contribution in [0.25, 0.3) is 0 Å². The molecular formula is C5H10N4O. The molecule has 0 aromatic carbocycles. The molecule has 0 saturated heterocycles. The van der Waals surface area contributed by atoms with Gasteiger partial charge in [-0.3, -0.25) is 0 Å². The highest BCUT2D eigenvalue weighted by Gasteiger charge is 2.04. The van der Waals surface area contributed by atoms with E-state index in [-0.39, 0.29) is 6.10 Å². The number of aromatic amines is 1. The molecule has 1 rings (SSSR count). The lowest BCUT2D eigenvalue weighted by Gasteiger charge is -2.03. The number of aromatic nitrogens is 4. The van der Waals surface area contributed by atoms with Crippen LogP contribution >= 0.6 is 0 Å². The van der Waals surface area contributed by atoms with E-state index < -0.39 is 0 Å². The maximum Gasteiger partial charge on any atom is 0.177 e. The van der Waals surface area contributed by atoms with Crippen molar-refractivity contribution >= 4 is 0 Å². The number of methoxy groups -OCH3 is 1. The lowest BCUT2D eigenvalue weighted by atomic mass is 10.3. The van der Waals surface area contributed by atoms with E-state index in [9.17, 15) is 0 Å². The van der Waals surface area contributed by atoms with Gasteiger partial charge < -0.3 is 4.74 Å². The molecule has 0 spiro atoms. The molecule has 0 radical (unpaired) electrons. The highest BCUT2D eigenvalue weighted by molar-refractivity contribution is 4.78. The summed E-state index contributed by atoms with van der Waals surface area (Å²) in [6.45, 7) is 1.95. The van der Waals surface area contributed by atoms with Crippen molar-refractivity contribution in [2.75, 3.05) is 7.11 Å². The number of ether oxygens (including phenoxy) is 1. The molecule has 1 aromatic rings. The van der Waals surface area contributed by atoms with Gasteiger partial charge in [-0.25, -0.2) is 0 Å². The third-order valence-electron chi connectivity index (χ3n) is 1.26. The molecule has 0 saturated carbocycles. The van der Waals surface area contributed by atoms with E-state index in [4.69, 9.17) is 4.74 Å². The Labute approximate surface area is 58.8 Å². The fourth-order valence-electron chi connectivity index (χ4n) is 0.609. The van der Waals surface area contributed by atoms with E-state index in [1.54, 1.807) is 7.11 Å². The molecule has 0 aliphatic carbocycles. The predicted octanol–water partition coefficient (Wildman–Crippen LogP) is -0.223. The molecule has 10 heavy (non-hydrogen) atoms. The van der Waals surface area contributed by atoms with Gasteiger partial charge in [-0.2, -0.15) is 5.21 Å². The van der Waals surface area contributed by atoms with Crippen LogP contribution in [0.5, 0.6) is 0 Å². The van der Waals surface area contributed by atoms with Crippen molar-refractivity contribution in [1.82, 2.24) is 20.6 Å². The number of nitrogens with one attached hydrogen (secondary N) is 1. The Morgan fingerprint density at radius 2 is 2.50 bits per heavy atom. The first-order valence-electron chi connectivity index (χ1n) is 3.08. The third-order valence-corrected chi connectivity index (χ3v) is 1.26. The zero-order valence-corrected chi connectivity index (χ0v) is 6.03. The smallest absolute Gasteiger partial charge is 0.177 e. The van der Waals surface area contributed by atoms with Crippen molar-refractivity contribution in [2.45, 2.75) is 19.4 Å². The summed E-state index contributed by atoms with van der Waals surface area (Å²) in [6.07, 6.45) is 0.852. The summed E-state index contributed by atoms with van der Waals surface area (Å²) in [5.74, 6) is 0.689. The molecule has 0 aliphatic heterocycles. The van der Waals surface area contributed by atoms with Crippen molar-refractivity contribution < 1.29 is 4.74 Å². The van der Waals surface area contributed by atoms with Crippen LogP contribution in [0.4, 0.5) is 0 Å². The van der Waals surface area contributed by atoms with Crippen LogP contribution in [0.3, 0.4) is 0 Å². The molecule has 5 heteroatoms. The summed E-state index contributed by atoms with van der Waals surface area (Å²) < 4.78 is 5.00. The molecule has 0 fully saturated rings. The zero-order chi connectivity index (χ0) is 7.40. The van der Waals surface area contributed by atoms with Gasteiger partial charge in [0.25, 0.3) is 0 Å². The fraction of sp³-hybridized carbons (Fsp3) is 0.800. The van der Waals surface area contributed by atoms with E-state index in [1.807, 2.05) is 6.92 Å². The van der Waals surface area contributed by atoms with Gasteiger partial charge in [0, 0.05) is 13.5 Å². The maximum absolute atomic E-state index is 5.00. The van der Waals surface area contributed by atoms with Crippen LogP contribution in [0.1, 0.15) is 12.7 Å². The molecule has 1 heterocycles. The van der Waals surface area contributed by atoms with Gasteiger partial charge in [0.15, 0.2) is 5.82 Å². The molecule has 0 bridgehead atoms. The second-order valence-electron chi connectivity index (χ2n) is 2.08. The number of nitrogens with zero attached hydrogens (tertiary/aromatic N) is 3. The highest BCUT2D eigenvalue weighted by atomic mass is 16.5. The monoisotopic (exact) mass is 142 g/mol. The second-order valence-corrected chi connectivity index (χ2v) is 2.08. The van der Waals surface area contributed by atoms with E-state index in [1.165, 1.54) is 0 Å². The maximum atomic E-state index is 5.00. The van der Waals surface area contributed by atoms with Crippen molar-refractivity contribution in [1.29, 1.82) is 0 Å². The average Bonchev–Trinajstić information content (AvgIpc) is 2.40. The summed E-state index contributed by atoms with van der Waals surface area (Å²) in [5.41, 5.74) is 0. The topological polar surface area (TPSA) is 63.7 Å². The largest absolute Gasteiger partial charge is 0.381 e.